The van der Waals surface area contributed by atoms with Gasteiger partial charge in [-0.3, -0.25) is 10.0 Å². The van der Waals surface area contributed by atoms with Gasteiger partial charge in [0.05, 0.1) is 0 Å². The van der Waals surface area contributed by atoms with Gasteiger partial charge in [0, 0.05) is 23.4 Å². The topological polar surface area (TPSA) is 81.6 Å². The van der Waals surface area contributed by atoms with Crippen LogP contribution in [0.15, 0.2) is 60.7 Å². The number of benzene rings is 3. The van der Waals surface area contributed by atoms with Crippen LogP contribution in [-0.4, -0.2) is 22.8 Å². The predicted molar refractivity (Wildman–Crippen MR) is 153 cm³/mol. The minimum atomic E-state index is -0.959. The number of carbonyl (C=O) groups excluding carboxylic acids is 1. The molecule has 3 aromatic rings. The number of hydrogen-bond acceptors (Lipinski definition) is 4. The first kappa shape index (κ1) is 27.4. The molecule has 4 rings (SSSR count). The van der Waals surface area contributed by atoms with Crippen molar-refractivity contribution in [3.63, 3.8) is 0 Å². The molecule has 198 valence electrons. The summed E-state index contributed by atoms with van der Waals surface area (Å²) < 4.78 is 0. The Bertz CT molecular complexity index is 1360. The third-order valence-corrected chi connectivity index (χ3v) is 7.71. The summed E-state index contributed by atoms with van der Waals surface area (Å²) in [4.78, 5) is 11.5. The number of fused-ring (bicyclic) bond motifs is 1. The van der Waals surface area contributed by atoms with Gasteiger partial charge in [-0.05, 0) is 89.6 Å². The van der Waals surface area contributed by atoms with Crippen LogP contribution < -0.4 is 10.8 Å². The molecule has 3 aromatic carbocycles. The van der Waals surface area contributed by atoms with Crippen molar-refractivity contribution in [2.75, 3.05) is 11.9 Å². The van der Waals surface area contributed by atoms with E-state index in [1.807, 2.05) is 0 Å². The first-order chi connectivity index (χ1) is 18.0. The standard InChI is InChI=1S/C33H38N2O3/c1-22-6-8-24(9-7-22)16-19-34-28-21-26(20-27-30(28)33(4,5)18-17-32(27,2)3)29(36)15-12-23-10-13-25(14-11-23)31(37)35-38/h6-11,13-14,20-21,29,34,36,38H,16-19H2,1-5H3,(H,35,37). The average Bonchev–Trinajstić information content (AvgIpc) is 2.90. The highest BCUT2D eigenvalue weighted by Gasteiger charge is 2.39. The monoisotopic (exact) mass is 510 g/mol. The number of nitrogens with one attached hydrogen (secondary N) is 2. The highest BCUT2D eigenvalue weighted by atomic mass is 16.5. The molecule has 0 saturated heterocycles. The molecule has 0 aromatic heterocycles. The summed E-state index contributed by atoms with van der Waals surface area (Å²) in [6.07, 6.45) is 2.13. The third kappa shape index (κ3) is 6.10. The van der Waals surface area contributed by atoms with Crippen molar-refractivity contribution in [2.45, 2.75) is 70.8 Å². The molecule has 1 aliphatic carbocycles. The Hall–Kier alpha value is -3.59. The number of rotatable bonds is 6. The summed E-state index contributed by atoms with van der Waals surface area (Å²) in [5, 5.41) is 23.6. The van der Waals surface area contributed by atoms with E-state index in [9.17, 15) is 9.90 Å². The van der Waals surface area contributed by atoms with Crippen LogP contribution in [0, 0.1) is 18.8 Å². The number of carbonyl (C=O) groups is 1. The molecule has 0 fully saturated rings. The molecular formula is C33H38N2O3. The smallest absolute Gasteiger partial charge is 0.274 e. The van der Waals surface area contributed by atoms with Gasteiger partial charge in [-0.2, -0.15) is 0 Å². The maximum atomic E-state index is 11.5. The molecule has 5 nitrogen and oxygen atoms in total. The van der Waals surface area contributed by atoms with Crippen molar-refractivity contribution in [3.8, 4) is 11.8 Å². The van der Waals surface area contributed by atoms with Crippen LogP contribution in [0.25, 0.3) is 0 Å². The molecule has 1 aliphatic rings. The molecule has 4 N–H and O–H groups in total. The fourth-order valence-corrected chi connectivity index (χ4v) is 5.21. The summed E-state index contributed by atoms with van der Waals surface area (Å²) in [7, 11) is 0. The number of amides is 1. The molecule has 0 saturated carbocycles. The zero-order chi connectivity index (χ0) is 27.5. The summed E-state index contributed by atoms with van der Waals surface area (Å²) in [6, 6.07) is 19.4. The summed E-state index contributed by atoms with van der Waals surface area (Å²) in [6.45, 7) is 12.1. The number of hydrogen-bond donors (Lipinski definition) is 4. The van der Waals surface area contributed by atoms with Crippen LogP contribution in [0.2, 0.25) is 0 Å². The van der Waals surface area contributed by atoms with E-state index in [1.54, 1.807) is 29.7 Å². The van der Waals surface area contributed by atoms with Crippen molar-refractivity contribution < 1.29 is 15.1 Å². The fraction of sp³-hybridized carbons (Fsp3) is 0.364. The Morgan fingerprint density at radius 1 is 0.974 bits per heavy atom. The Kier molecular flexibility index (Phi) is 7.97. The Balaban J connectivity index is 1.64. The SMILES string of the molecule is Cc1ccc(CCNc2cc(C(O)C#Cc3ccc(C(=O)NO)cc3)cc3c2C(C)(C)CCC3(C)C)cc1. The quantitative estimate of drug-likeness (QED) is 0.181. The molecule has 1 unspecified atom stereocenters. The number of aliphatic hydroxyl groups is 1. The van der Waals surface area contributed by atoms with E-state index in [0.717, 1.165) is 37.1 Å². The Morgan fingerprint density at radius 2 is 1.63 bits per heavy atom. The highest BCUT2D eigenvalue weighted by molar-refractivity contribution is 5.93. The predicted octanol–water partition coefficient (Wildman–Crippen LogP) is 6.20. The Morgan fingerprint density at radius 3 is 2.29 bits per heavy atom. The van der Waals surface area contributed by atoms with Crippen LogP contribution in [0.4, 0.5) is 5.69 Å². The fourth-order valence-electron chi connectivity index (χ4n) is 5.21. The van der Waals surface area contributed by atoms with Crippen LogP contribution in [-0.2, 0) is 17.3 Å². The molecule has 0 radical (unpaired) electrons. The molecular weight excluding hydrogens is 472 g/mol. The Labute approximate surface area is 226 Å². The van der Waals surface area contributed by atoms with Crippen molar-refractivity contribution in [1.82, 2.24) is 5.48 Å². The summed E-state index contributed by atoms with van der Waals surface area (Å²) in [5.74, 6) is 5.42. The zero-order valence-corrected chi connectivity index (χ0v) is 23.0. The van der Waals surface area contributed by atoms with Crippen molar-refractivity contribution >= 4 is 11.6 Å². The lowest BCUT2D eigenvalue weighted by atomic mass is 9.62. The minimum Gasteiger partial charge on any atom is -0.384 e. The van der Waals surface area contributed by atoms with Crippen LogP contribution in [0.3, 0.4) is 0 Å². The van der Waals surface area contributed by atoms with Crippen molar-refractivity contribution in [3.05, 3.63) is 99.6 Å². The molecule has 5 heteroatoms. The van der Waals surface area contributed by atoms with Gasteiger partial charge in [0.2, 0.25) is 0 Å². The van der Waals surface area contributed by atoms with E-state index in [1.165, 1.54) is 22.3 Å². The van der Waals surface area contributed by atoms with E-state index >= 15 is 0 Å². The largest absolute Gasteiger partial charge is 0.384 e. The first-order valence-electron chi connectivity index (χ1n) is 13.2. The van der Waals surface area contributed by atoms with E-state index in [4.69, 9.17) is 5.21 Å². The summed E-state index contributed by atoms with van der Waals surface area (Å²) in [5.41, 5.74) is 9.64. The lowest BCUT2D eigenvalue weighted by molar-refractivity contribution is 0.0706. The van der Waals surface area contributed by atoms with Gasteiger partial charge in [0.15, 0.2) is 0 Å². The second kappa shape index (κ2) is 11.0. The third-order valence-electron chi connectivity index (χ3n) is 7.71. The lowest BCUT2D eigenvalue weighted by Gasteiger charge is -2.43. The zero-order valence-electron chi connectivity index (χ0n) is 23.0. The highest BCUT2D eigenvalue weighted by Crippen LogP contribution is 2.49. The number of aryl methyl sites for hydroxylation is 1. The molecule has 0 bridgehead atoms. The maximum Gasteiger partial charge on any atom is 0.274 e. The summed E-state index contributed by atoms with van der Waals surface area (Å²) >= 11 is 0. The van der Waals surface area contributed by atoms with Crippen LogP contribution in [0.5, 0.6) is 0 Å². The van der Waals surface area contributed by atoms with Crippen LogP contribution in [0.1, 0.15) is 90.4 Å². The van der Waals surface area contributed by atoms with Gasteiger partial charge in [-0.15, -0.1) is 0 Å². The van der Waals surface area contributed by atoms with Crippen molar-refractivity contribution in [2.24, 2.45) is 0 Å². The van der Waals surface area contributed by atoms with Gasteiger partial charge in [0.25, 0.3) is 5.91 Å². The van der Waals surface area contributed by atoms with E-state index in [0.29, 0.717) is 11.1 Å². The van der Waals surface area contributed by atoms with E-state index in [2.05, 4.69) is 88.2 Å². The molecule has 38 heavy (non-hydrogen) atoms. The molecule has 0 heterocycles. The minimum absolute atomic E-state index is 0.00942. The number of anilines is 1. The normalized spacial score (nSPS) is 16.0. The van der Waals surface area contributed by atoms with Crippen molar-refractivity contribution in [1.29, 1.82) is 0 Å². The van der Waals surface area contributed by atoms with Gasteiger partial charge in [-0.25, -0.2) is 5.48 Å². The molecule has 1 atom stereocenters. The maximum absolute atomic E-state index is 11.5. The van der Waals surface area contributed by atoms with E-state index in [-0.39, 0.29) is 10.8 Å². The second-order valence-corrected chi connectivity index (χ2v) is 11.6. The van der Waals surface area contributed by atoms with E-state index < -0.39 is 12.0 Å². The molecule has 0 aliphatic heterocycles. The van der Waals surface area contributed by atoms with Crippen LogP contribution >= 0.6 is 0 Å². The molecule has 0 spiro atoms. The van der Waals surface area contributed by atoms with Gasteiger partial charge >= 0.3 is 0 Å². The first-order valence-corrected chi connectivity index (χ1v) is 13.2. The second-order valence-electron chi connectivity index (χ2n) is 11.6. The number of hydroxylamine groups is 1. The van der Waals surface area contributed by atoms with Gasteiger partial charge < -0.3 is 10.4 Å². The lowest BCUT2D eigenvalue weighted by Crippen LogP contribution is -2.35. The molecule has 1 amide bonds. The average molecular weight is 511 g/mol. The van der Waals surface area contributed by atoms with Gasteiger partial charge in [0.1, 0.15) is 6.10 Å². The van der Waals surface area contributed by atoms with Gasteiger partial charge in [-0.1, -0.05) is 75.4 Å². The number of aliphatic hydroxyl groups excluding tert-OH is 1.